The Balaban J connectivity index is 1.56. The maximum atomic E-state index is 13.3. The molecule has 4 rings (SSSR count). The molecule has 0 radical (unpaired) electrons. The molecule has 5 nitrogen and oxygen atoms in total. The van der Waals surface area contributed by atoms with E-state index in [1.54, 1.807) is 0 Å². The average Bonchev–Trinajstić information content (AvgIpc) is 3.40. The third-order valence-electron chi connectivity index (χ3n) is 7.39. The van der Waals surface area contributed by atoms with Gasteiger partial charge in [0.2, 0.25) is 0 Å². The number of nitrogens with zero attached hydrogens (tertiary/aromatic N) is 4. The molecule has 1 amide bonds. The van der Waals surface area contributed by atoms with Gasteiger partial charge < -0.3 is 14.4 Å². The Morgan fingerprint density at radius 1 is 1.10 bits per heavy atom. The quantitative estimate of drug-likeness (QED) is 0.632. The molecule has 170 valence electrons. The smallest absolute Gasteiger partial charge is 0.253 e. The van der Waals surface area contributed by atoms with Gasteiger partial charge in [-0.05, 0) is 63.6 Å². The summed E-state index contributed by atoms with van der Waals surface area (Å²) in [4.78, 5) is 22.9. The van der Waals surface area contributed by atoms with Crippen LogP contribution in [0.4, 0.5) is 0 Å². The topological polar surface area (TPSA) is 41.4 Å². The molecule has 0 unspecified atom stereocenters. The van der Waals surface area contributed by atoms with E-state index in [1.807, 2.05) is 24.1 Å². The number of carbonyl (C=O) groups is 1. The van der Waals surface area contributed by atoms with E-state index in [1.165, 1.54) is 37.0 Å². The minimum atomic E-state index is 0.130. The van der Waals surface area contributed by atoms with Crippen LogP contribution in [0.15, 0.2) is 18.2 Å². The van der Waals surface area contributed by atoms with Crippen LogP contribution in [0, 0.1) is 5.92 Å². The third-order valence-corrected chi connectivity index (χ3v) is 7.39. The van der Waals surface area contributed by atoms with Crippen molar-refractivity contribution in [1.82, 2.24) is 19.4 Å². The van der Waals surface area contributed by atoms with Gasteiger partial charge in [0.25, 0.3) is 5.91 Å². The Hall–Kier alpha value is -1.88. The van der Waals surface area contributed by atoms with Crippen molar-refractivity contribution in [2.45, 2.75) is 90.8 Å². The van der Waals surface area contributed by atoms with Crippen LogP contribution in [0.1, 0.15) is 88.3 Å². The molecule has 5 heteroatoms. The molecule has 1 saturated carbocycles. The Kier molecular flexibility index (Phi) is 6.71. The first-order valence-corrected chi connectivity index (χ1v) is 12.4. The highest BCUT2D eigenvalue weighted by atomic mass is 16.2. The van der Waals surface area contributed by atoms with Gasteiger partial charge in [-0.3, -0.25) is 4.79 Å². The zero-order chi connectivity index (χ0) is 22.1. The molecule has 2 aromatic rings. The zero-order valence-corrected chi connectivity index (χ0v) is 20.1. The van der Waals surface area contributed by atoms with Crippen molar-refractivity contribution in [3.05, 3.63) is 29.6 Å². The molecule has 1 aliphatic carbocycles. The Morgan fingerprint density at radius 2 is 1.77 bits per heavy atom. The third kappa shape index (κ3) is 4.67. The molecule has 1 aromatic carbocycles. The molecule has 0 bridgehead atoms. The minimum Gasteiger partial charge on any atom is -0.339 e. The number of piperidine rings is 1. The zero-order valence-electron chi connectivity index (χ0n) is 20.1. The van der Waals surface area contributed by atoms with Gasteiger partial charge in [0, 0.05) is 50.2 Å². The summed E-state index contributed by atoms with van der Waals surface area (Å²) in [6.45, 7) is 12.2. The summed E-state index contributed by atoms with van der Waals surface area (Å²) in [7, 11) is 1.98. The van der Waals surface area contributed by atoms with Gasteiger partial charge in [0.1, 0.15) is 5.82 Å². The number of imidazole rings is 1. The van der Waals surface area contributed by atoms with E-state index in [-0.39, 0.29) is 5.91 Å². The van der Waals surface area contributed by atoms with Gasteiger partial charge in [0.15, 0.2) is 0 Å². The molecule has 0 atom stereocenters. The van der Waals surface area contributed by atoms with Crippen molar-refractivity contribution in [2.75, 3.05) is 20.1 Å². The van der Waals surface area contributed by atoms with Crippen LogP contribution in [0.3, 0.4) is 0 Å². The van der Waals surface area contributed by atoms with E-state index < -0.39 is 0 Å². The van der Waals surface area contributed by atoms with E-state index in [0.29, 0.717) is 23.9 Å². The van der Waals surface area contributed by atoms with Crippen molar-refractivity contribution < 1.29 is 4.79 Å². The maximum Gasteiger partial charge on any atom is 0.253 e. The summed E-state index contributed by atoms with van der Waals surface area (Å²) in [6, 6.07) is 7.09. The fourth-order valence-corrected chi connectivity index (χ4v) is 5.49. The van der Waals surface area contributed by atoms with E-state index in [4.69, 9.17) is 4.98 Å². The lowest BCUT2D eigenvalue weighted by molar-refractivity contribution is 0.0615. The molecule has 1 aliphatic heterocycles. The Morgan fingerprint density at radius 3 is 2.39 bits per heavy atom. The number of fused-ring (bicyclic) bond motifs is 1. The average molecular weight is 425 g/mol. The van der Waals surface area contributed by atoms with Crippen molar-refractivity contribution in [3.8, 4) is 0 Å². The Labute approximate surface area is 187 Å². The summed E-state index contributed by atoms with van der Waals surface area (Å²) in [5.41, 5.74) is 2.94. The predicted molar refractivity (Wildman–Crippen MR) is 128 cm³/mol. The fourth-order valence-electron chi connectivity index (χ4n) is 5.49. The van der Waals surface area contributed by atoms with Crippen LogP contribution in [0.5, 0.6) is 0 Å². The lowest BCUT2D eigenvalue weighted by Crippen LogP contribution is -2.47. The monoisotopic (exact) mass is 424 g/mol. The molecule has 2 fully saturated rings. The number of benzene rings is 1. The van der Waals surface area contributed by atoms with Crippen molar-refractivity contribution in [3.63, 3.8) is 0 Å². The second kappa shape index (κ2) is 9.32. The van der Waals surface area contributed by atoms with Crippen molar-refractivity contribution in [2.24, 2.45) is 5.92 Å². The highest BCUT2D eigenvalue weighted by Gasteiger charge is 2.28. The number of likely N-dealkylation sites (tertiary alicyclic amines) is 1. The maximum absolute atomic E-state index is 13.3. The molecular weight excluding hydrogens is 384 g/mol. The summed E-state index contributed by atoms with van der Waals surface area (Å²) < 4.78 is 2.43. The van der Waals surface area contributed by atoms with E-state index in [0.717, 1.165) is 43.6 Å². The van der Waals surface area contributed by atoms with Crippen LogP contribution in [0.25, 0.3) is 11.0 Å². The lowest BCUT2D eigenvalue weighted by Gasteiger charge is -2.38. The van der Waals surface area contributed by atoms with Gasteiger partial charge in [-0.1, -0.05) is 26.7 Å². The van der Waals surface area contributed by atoms with E-state index in [9.17, 15) is 4.79 Å². The first-order valence-electron chi connectivity index (χ1n) is 12.4. The standard InChI is InChI=1S/C26H40N4O/c1-18(2)17-30-24-11-10-21(16-23(24)27-25(30)20-8-6-7-9-20)26(31)28(5)22-12-14-29(15-13-22)19(3)4/h10-11,16,18-20,22H,6-9,12-15,17H2,1-5H3. The molecule has 2 aliphatic rings. The summed E-state index contributed by atoms with van der Waals surface area (Å²) >= 11 is 0. The fraction of sp³-hybridized carbons (Fsp3) is 0.692. The molecule has 1 aromatic heterocycles. The largest absolute Gasteiger partial charge is 0.339 e. The minimum absolute atomic E-state index is 0.130. The molecular formula is C26H40N4O. The SMILES string of the molecule is CC(C)Cn1c(C2CCCC2)nc2cc(C(=O)N(C)C3CCN(C(C)C)CC3)ccc21. The Bertz CT molecular complexity index is 902. The van der Waals surface area contributed by atoms with Gasteiger partial charge >= 0.3 is 0 Å². The highest BCUT2D eigenvalue weighted by Crippen LogP contribution is 2.36. The normalized spacial score (nSPS) is 19.2. The number of hydrogen-bond acceptors (Lipinski definition) is 3. The van der Waals surface area contributed by atoms with Crippen LogP contribution >= 0.6 is 0 Å². The van der Waals surface area contributed by atoms with Crippen LogP contribution in [-0.2, 0) is 6.54 Å². The van der Waals surface area contributed by atoms with Crippen molar-refractivity contribution >= 4 is 16.9 Å². The summed E-state index contributed by atoms with van der Waals surface area (Å²) in [5, 5.41) is 0. The number of aromatic nitrogens is 2. The lowest BCUT2D eigenvalue weighted by atomic mass is 10.0. The van der Waals surface area contributed by atoms with Gasteiger partial charge in [-0.2, -0.15) is 0 Å². The molecule has 2 heterocycles. The molecule has 0 spiro atoms. The van der Waals surface area contributed by atoms with Gasteiger partial charge in [0.05, 0.1) is 11.0 Å². The van der Waals surface area contributed by atoms with Crippen molar-refractivity contribution in [1.29, 1.82) is 0 Å². The first kappa shape index (κ1) is 22.3. The first-order chi connectivity index (χ1) is 14.8. The highest BCUT2D eigenvalue weighted by molar-refractivity contribution is 5.97. The van der Waals surface area contributed by atoms with Crippen LogP contribution in [-0.4, -0.2) is 57.5 Å². The number of carbonyl (C=O) groups excluding carboxylic acids is 1. The second-order valence-corrected chi connectivity index (χ2v) is 10.4. The summed E-state index contributed by atoms with van der Waals surface area (Å²) in [6.07, 6.45) is 7.20. The molecule has 1 saturated heterocycles. The van der Waals surface area contributed by atoms with E-state index >= 15 is 0 Å². The number of amides is 1. The van der Waals surface area contributed by atoms with Gasteiger partial charge in [-0.25, -0.2) is 4.98 Å². The molecule has 0 N–H and O–H groups in total. The van der Waals surface area contributed by atoms with Crippen LogP contribution < -0.4 is 0 Å². The van der Waals surface area contributed by atoms with Gasteiger partial charge in [-0.15, -0.1) is 0 Å². The summed E-state index contributed by atoms with van der Waals surface area (Å²) in [5.74, 6) is 2.51. The number of rotatable bonds is 6. The second-order valence-electron chi connectivity index (χ2n) is 10.4. The molecule has 31 heavy (non-hydrogen) atoms. The predicted octanol–water partition coefficient (Wildman–Crippen LogP) is 5.29. The number of hydrogen-bond donors (Lipinski definition) is 0. The van der Waals surface area contributed by atoms with E-state index in [2.05, 4.69) is 43.2 Å². The van der Waals surface area contributed by atoms with Crippen LogP contribution in [0.2, 0.25) is 0 Å².